The number of nitrogens with zero attached hydrogens (tertiary/aromatic N) is 3. The summed E-state index contributed by atoms with van der Waals surface area (Å²) in [4.78, 5) is 17.5. The topological polar surface area (TPSA) is 68.9 Å². The Kier molecular flexibility index (Phi) is 3.82. The average molecular weight is 318 g/mol. The maximum absolute atomic E-state index is 13.0. The molecule has 0 N–H and O–H groups in total. The fourth-order valence-electron chi connectivity index (χ4n) is 1.82. The van der Waals surface area contributed by atoms with Crippen molar-refractivity contribution in [2.24, 2.45) is 0 Å². The number of alkyl halides is 3. The molecule has 110 valence electrons. The first-order valence-electron chi connectivity index (χ1n) is 5.57. The van der Waals surface area contributed by atoms with E-state index >= 15 is 0 Å². The summed E-state index contributed by atoms with van der Waals surface area (Å²) >= 11 is 5.67. The molecule has 0 amide bonds. The molecule has 0 atom stereocenters. The number of rotatable bonds is 2. The fraction of sp³-hybridized carbons (Fsp3) is 0.167. The molecule has 1 aromatic carbocycles. The second-order valence-electron chi connectivity index (χ2n) is 4.06. The Morgan fingerprint density at radius 3 is 2.43 bits per heavy atom. The number of hydrogen-bond donors (Lipinski definition) is 0. The lowest BCUT2D eigenvalue weighted by Gasteiger charge is -2.12. The van der Waals surface area contributed by atoms with Gasteiger partial charge in [0.15, 0.2) is 5.69 Å². The molecule has 0 radical (unpaired) electrons. The quantitative estimate of drug-likeness (QED) is 0.476. The zero-order chi connectivity index (χ0) is 15.8. The minimum Gasteiger partial charge on any atom is -0.258 e. The Hall–Kier alpha value is -2.22. The third kappa shape index (κ3) is 2.94. The molecule has 0 aliphatic rings. The summed E-state index contributed by atoms with van der Waals surface area (Å²) in [7, 11) is 0. The van der Waals surface area contributed by atoms with Crippen LogP contribution in [0.4, 0.5) is 18.9 Å². The summed E-state index contributed by atoms with van der Waals surface area (Å²) in [6, 6.07) is 4.45. The van der Waals surface area contributed by atoms with Crippen LogP contribution in [0, 0.1) is 17.0 Å². The van der Waals surface area contributed by atoms with Gasteiger partial charge < -0.3 is 0 Å². The van der Waals surface area contributed by atoms with Crippen LogP contribution >= 0.6 is 11.6 Å². The van der Waals surface area contributed by atoms with Gasteiger partial charge in [0.25, 0.3) is 0 Å². The highest BCUT2D eigenvalue weighted by Crippen LogP contribution is 2.40. The van der Waals surface area contributed by atoms with E-state index in [2.05, 4.69) is 9.97 Å². The molecule has 1 aromatic heterocycles. The van der Waals surface area contributed by atoms with Gasteiger partial charge in [0, 0.05) is 5.56 Å². The molecule has 1 heterocycles. The molecule has 2 aromatic rings. The van der Waals surface area contributed by atoms with Crippen LogP contribution in [0.15, 0.2) is 24.3 Å². The van der Waals surface area contributed by atoms with Gasteiger partial charge >= 0.3 is 11.9 Å². The number of aryl methyl sites for hydroxylation is 1. The van der Waals surface area contributed by atoms with E-state index in [4.69, 9.17) is 11.6 Å². The highest BCUT2D eigenvalue weighted by Gasteiger charge is 2.36. The van der Waals surface area contributed by atoms with Crippen molar-refractivity contribution in [3.63, 3.8) is 0 Å². The molecule has 0 aliphatic heterocycles. The van der Waals surface area contributed by atoms with Gasteiger partial charge in [-0.3, -0.25) is 10.1 Å². The maximum Gasteiger partial charge on any atom is 0.417 e. The van der Waals surface area contributed by atoms with Crippen LogP contribution in [0.3, 0.4) is 0 Å². The summed E-state index contributed by atoms with van der Waals surface area (Å²) in [5, 5.41) is 10.5. The molecule has 0 unspecified atom stereocenters. The average Bonchev–Trinajstić information content (AvgIpc) is 2.36. The van der Waals surface area contributed by atoms with E-state index in [0.29, 0.717) is 0 Å². The summed E-state index contributed by atoms with van der Waals surface area (Å²) in [6.07, 6.45) is -4.67. The lowest BCUT2D eigenvalue weighted by Crippen LogP contribution is -2.09. The zero-order valence-corrected chi connectivity index (χ0v) is 11.2. The molecule has 0 spiro atoms. The van der Waals surface area contributed by atoms with Gasteiger partial charge in [-0.05, 0) is 13.0 Å². The van der Waals surface area contributed by atoms with E-state index in [1.165, 1.54) is 19.1 Å². The molecule has 0 saturated carbocycles. The van der Waals surface area contributed by atoms with E-state index in [0.717, 1.165) is 12.1 Å². The van der Waals surface area contributed by atoms with Crippen molar-refractivity contribution < 1.29 is 18.1 Å². The minimum absolute atomic E-state index is 0.0394. The Bertz CT molecular complexity index is 719. The smallest absolute Gasteiger partial charge is 0.258 e. The van der Waals surface area contributed by atoms with Gasteiger partial charge in [-0.25, -0.2) is 9.97 Å². The molecule has 5 nitrogen and oxygen atoms in total. The maximum atomic E-state index is 13.0. The monoisotopic (exact) mass is 317 g/mol. The van der Waals surface area contributed by atoms with Gasteiger partial charge in [0.2, 0.25) is 5.15 Å². The first-order chi connectivity index (χ1) is 9.71. The summed E-state index contributed by atoms with van der Waals surface area (Å²) in [5.41, 5.74) is -2.64. The van der Waals surface area contributed by atoms with Crippen LogP contribution in [0.1, 0.15) is 11.4 Å². The second kappa shape index (κ2) is 5.28. The molecular formula is C12H7ClF3N3O2. The molecule has 9 heteroatoms. The lowest BCUT2D eigenvalue weighted by molar-refractivity contribution is -0.384. The zero-order valence-electron chi connectivity index (χ0n) is 10.5. The third-order valence-electron chi connectivity index (χ3n) is 2.62. The largest absolute Gasteiger partial charge is 0.417 e. The van der Waals surface area contributed by atoms with Crippen LogP contribution in [0.25, 0.3) is 11.3 Å². The number of aromatic nitrogens is 2. The minimum atomic E-state index is -4.67. The van der Waals surface area contributed by atoms with Crippen molar-refractivity contribution in [1.82, 2.24) is 9.97 Å². The molecular weight excluding hydrogens is 311 g/mol. The Labute approximate surface area is 121 Å². The highest BCUT2D eigenvalue weighted by molar-refractivity contribution is 6.32. The van der Waals surface area contributed by atoms with Gasteiger partial charge in [-0.1, -0.05) is 29.8 Å². The number of hydrogen-bond acceptors (Lipinski definition) is 4. The SMILES string of the molecule is Cc1nc(Cl)c([N+](=O)[O-])c(-c2ccccc2C(F)(F)F)n1. The van der Waals surface area contributed by atoms with Crippen molar-refractivity contribution in [3.8, 4) is 11.3 Å². The Morgan fingerprint density at radius 2 is 1.86 bits per heavy atom. The normalized spacial score (nSPS) is 11.5. The Morgan fingerprint density at radius 1 is 1.24 bits per heavy atom. The van der Waals surface area contributed by atoms with Gasteiger partial charge in [0.1, 0.15) is 5.82 Å². The van der Waals surface area contributed by atoms with E-state index in [-0.39, 0.29) is 5.82 Å². The summed E-state index contributed by atoms with van der Waals surface area (Å²) in [6.45, 7) is 1.38. The lowest BCUT2D eigenvalue weighted by atomic mass is 10.0. The predicted molar refractivity (Wildman–Crippen MR) is 68.9 cm³/mol. The van der Waals surface area contributed by atoms with Gasteiger partial charge in [0.05, 0.1) is 10.5 Å². The van der Waals surface area contributed by atoms with Gasteiger partial charge in [-0.2, -0.15) is 13.2 Å². The number of nitro groups is 1. The van der Waals surface area contributed by atoms with Crippen molar-refractivity contribution >= 4 is 17.3 Å². The predicted octanol–water partition coefficient (Wildman–Crippen LogP) is 4.03. The summed E-state index contributed by atoms with van der Waals surface area (Å²) in [5.74, 6) is 0.0394. The summed E-state index contributed by atoms with van der Waals surface area (Å²) < 4.78 is 39.1. The number of benzene rings is 1. The molecule has 0 aliphatic carbocycles. The molecule has 0 fully saturated rings. The van der Waals surface area contributed by atoms with Crippen LogP contribution in [-0.2, 0) is 6.18 Å². The first-order valence-corrected chi connectivity index (χ1v) is 5.94. The van der Waals surface area contributed by atoms with Crippen LogP contribution < -0.4 is 0 Å². The van der Waals surface area contributed by atoms with Crippen molar-refractivity contribution in [3.05, 3.63) is 50.9 Å². The van der Waals surface area contributed by atoms with Crippen LogP contribution in [0.2, 0.25) is 5.15 Å². The molecule has 0 saturated heterocycles. The highest BCUT2D eigenvalue weighted by atomic mass is 35.5. The van der Waals surface area contributed by atoms with E-state index < -0.39 is 38.8 Å². The van der Waals surface area contributed by atoms with Crippen LogP contribution in [0.5, 0.6) is 0 Å². The van der Waals surface area contributed by atoms with Crippen molar-refractivity contribution in [2.45, 2.75) is 13.1 Å². The van der Waals surface area contributed by atoms with Crippen molar-refractivity contribution in [2.75, 3.05) is 0 Å². The molecule has 21 heavy (non-hydrogen) atoms. The Balaban J connectivity index is 2.83. The standard InChI is InChI=1S/C12H7ClF3N3O2/c1-6-17-9(10(19(20)21)11(13)18-6)7-4-2-3-5-8(7)12(14,15)16/h2-5H,1H3. The molecule has 0 bridgehead atoms. The van der Waals surface area contributed by atoms with E-state index in [1.54, 1.807) is 0 Å². The fourth-order valence-corrected chi connectivity index (χ4v) is 2.10. The van der Waals surface area contributed by atoms with Crippen LogP contribution in [-0.4, -0.2) is 14.9 Å². The second-order valence-corrected chi connectivity index (χ2v) is 4.42. The van der Waals surface area contributed by atoms with Crippen molar-refractivity contribution in [1.29, 1.82) is 0 Å². The van der Waals surface area contributed by atoms with Gasteiger partial charge in [-0.15, -0.1) is 0 Å². The third-order valence-corrected chi connectivity index (χ3v) is 2.89. The number of halogens is 4. The van der Waals surface area contributed by atoms with E-state index in [9.17, 15) is 23.3 Å². The molecule has 2 rings (SSSR count). The first kappa shape index (κ1) is 15.2. The van der Waals surface area contributed by atoms with E-state index in [1.807, 2.05) is 0 Å².